The summed E-state index contributed by atoms with van der Waals surface area (Å²) in [7, 11) is 0. The molecule has 0 spiro atoms. The monoisotopic (exact) mass is 230 g/mol. The van der Waals surface area contributed by atoms with Crippen molar-refractivity contribution in [3.63, 3.8) is 0 Å². The number of rotatable bonds is 4. The number of nitrogens with one attached hydrogen (secondary N) is 1. The van der Waals surface area contributed by atoms with Crippen LogP contribution in [0.25, 0.3) is 0 Å². The van der Waals surface area contributed by atoms with Crippen LogP contribution >= 0.6 is 11.8 Å². The van der Waals surface area contributed by atoms with Crippen LogP contribution in [0.1, 0.15) is 13.8 Å². The van der Waals surface area contributed by atoms with Gasteiger partial charge in [-0.15, -0.1) is 11.8 Å². The molecule has 4 nitrogen and oxygen atoms in total. The predicted octanol–water partition coefficient (Wildman–Crippen LogP) is 0.537. The third-order valence-corrected chi connectivity index (χ3v) is 2.88. The van der Waals surface area contributed by atoms with E-state index < -0.39 is 0 Å². The van der Waals surface area contributed by atoms with E-state index in [1.807, 2.05) is 20.1 Å². The van der Waals surface area contributed by atoms with Gasteiger partial charge in [-0.05, 0) is 6.26 Å². The molecule has 1 fully saturated rings. The summed E-state index contributed by atoms with van der Waals surface area (Å²) in [4.78, 5) is 24.7. The summed E-state index contributed by atoms with van der Waals surface area (Å²) in [6, 6.07) is 0. The zero-order valence-corrected chi connectivity index (χ0v) is 10.3. The molecular formula is C10H18N2O2S. The average molecular weight is 230 g/mol. The third-order valence-electron chi connectivity index (χ3n) is 2.45. The van der Waals surface area contributed by atoms with Gasteiger partial charge < -0.3 is 10.2 Å². The molecule has 15 heavy (non-hydrogen) atoms. The summed E-state index contributed by atoms with van der Waals surface area (Å²) in [5.41, 5.74) is 0. The standard InChI is InChI=1S/C10H18N2O2S/c1-7(2)10(14)12-4-8(5-12)9(13)11-6-15-3/h7-8H,4-6H2,1-3H3,(H,11,13). The molecule has 1 saturated heterocycles. The second kappa shape index (κ2) is 5.39. The molecule has 2 amide bonds. The summed E-state index contributed by atoms with van der Waals surface area (Å²) in [5, 5.41) is 2.81. The van der Waals surface area contributed by atoms with Crippen LogP contribution in [-0.2, 0) is 9.59 Å². The Morgan fingerprint density at radius 3 is 2.53 bits per heavy atom. The number of carbonyl (C=O) groups is 2. The van der Waals surface area contributed by atoms with E-state index in [0.29, 0.717) is 19.0 Å². The van der Waals surface area contributed by atoms with Crippen molar-refractivity contribution in [2.75, 3.05) is 25.2 Å². The molecule has 5 heteroatoms. The van der Waals surface area contributed by atoms with Gasteiger partial charge in [0, 0.05) is 19.0 Å². The van der Waals surface area contributed by atoms with Gasteiger partial charge >= 0.3 is 0 Å². The maximum Gasteiger partial charge on any atom is 0.227 e. The van der Waals surface area contributed by atoms with E-state index in [4.69, 9.17) is 0 Å². The Labute approximate surface area is 94.8 Å². The van der Waals surface area contributed by atoms with Crippen LogP contribution in [0, 0.1) is 11.8 Å². The largest absolute Gasteiger partial charge is 0.347 e. The van der Waals surface area contributed by atoms with E-state index in [9.17, 15) is 9.59 Å². The topological polar surface area (TPSA) is 49.4 Å². The molecule has 0 radical (unpaired) electrons. The first-order chi connectivity index (χ1) is 7.06. The normalized spacial score (nSPS) is 16.4. The van der Waals surface area contributed by atoms with Crippen LogP contribution in [0.15, 0.2) is 0 Å². The molecule has 0 bridgehead atoms. The van der Waals surface area contributed by atoms with Gasteiger partial charge in [-0.3, -0.25) is 9.59 Å². The molecule has 0 aromatic heterocycles. The van der Waals surface area contributed by atoms with Crippen molar-refractivity contribution in [3.05, 3.63) is 0 Å². The maximum absolute atomic E-state index is 11.5. The van der Waals surface area contributed by atoms with Crippen molar-refractivity contribution in [1.29, 1.82) is 0 Å². The Bertz CT molecular complexity index is 250. The lowest BCUT2D eigenvalue weighted by molar-refractivity contribution is -0.145. The second-order valence-electron chi connectivity index (χ2n) is 4.07. The third kappa shape index (κ3) is 3.12. The SMILES string of the molecule is CSCNC(=O)C1CN(C(=O)C(C)C)C1. The molecule has 0 saturated carbocycles. The molecule has 1 aliphatic rings. The number of carbonyl (C=O) groups excluding carboxylic acids is 2. The summed E-state index contributed by atoms with van der Waals surface area (Å²) in [6.45, 7) is 4.92. The molecule has 1 rings (SSSR count). The number of hydrogen-bond donors (Lipinski definition) is 1. The average Bonchev–Trinajstić information content (AvgIpc) is 2.11. The lowest BCUT2D eigenvalue weighted by Crippen LogP contribution is -2.56. The molecule has 1 heterocycles. The first kappa shape index (κ1) is 12.4. The Balaban J connectivity index is 2.25. The molecule has 0 atom stereocenters. The van der Waals surface area contributed by atoms with E-state index in [0.717, 1.165) is 0 Å². The fourth-order valence-corrected chi connectivity index (χ4v) is 1.76. The van der Waals surface area contributed by atoms with Crippen molar-refractivity contribution >= 4 is 23.6 Å². The molecular weight excluding hydrogens is 212 g/mol. The summed E-state index contributed by atoms with van der Waals surface area (Å²) in [6.07, 6.45) is 1.94. The van der Waals surface area contributed by atoms with Crippen LogP contribution in [0.4, 0.5) is 0 Å². The lowest BCUT2D eigenvalue weighted by atomic mass is 9.97. The summed E-state index contributed by atoms with van der Waals surface area (Å²) in [5.74, 6) is 0.883. The lowest BCUT2D eigenvalue weighted by Gasteiger charge is -2.39. The van der Waals surface area contributed by atoms with Crippen molar-refractivity contribution in [2.45, 2.75) is 13.8 Å². The van der Waals surface area contributed by atoms with E-state index in [1.54, 1.807) is 16.7 Å². The molecule has 0 unspecified atom stereocenters. The van der Waals surface area contributed by atoms with Crippen molar-refractivity contribution in [3.8, 4) is 0 Å². The van der Waals surface area contributed by atoms with Gasteiger partial charge in [-0.1, -0.05) is 13.8 Å². The van der Waals surface area contributed by atoms with E-state index in [2.05, 4.69) is 5.32 Å². The fourth-order valence-electron chi connectivity index (χ4n) is 1.48. The minimum Gasteiger partial charge on any atom is -0.347 e. The van der Waals surface area contributed by atoms with E-state index >= 15 is 0 Å². The number of amides is 2. The van der Waals surface area contributed by atoms with Gasteiger partial charge in [0.25, 0.3) is 0 Å². The molecule has 86 valence electrons. The molecule has 0 aromatic carbocycles. The highest BCUT2D eigenvalue weighted by Crippen LogP contribution is 2.18. The molecule has 0 aliphatic carbocycles. The first-order valence-electron chi connectivity index (χ1n) is 5.11. The van der Waals surface area contributed by atoms with E-state index in [-0.39, 0.29) is 23.7 Å². The van der Waals surface area contributed by atoms with Gasteiger partial charge in [0.1, 0.15) is 0 Å². The van der Waals surface area contributed by atoms with Crippen molar-refractivity contribution < 1.29 is 9.59 Å². The first-order valence-corrected chi connectivity index (χ1v) is 6.51. The van der Waals surface area contributed by atoms with Crippen LogP contribution in [0.3, 0.4) is 0 Å². The number of thioether (sulfide) groups is 1. The minimum atomic E-state index is -0.000139. The zero-order valence-electron chi connectivity index (χ0n) is 9.45. The van der Waals surface area contributed by atoms with Gasteiger partial charge in [-0.2, -0.15) is 0 Å². The number of nitrogens with zero attached hydrogens (tertiary/aromatic N) is 1. The molecule has 0 aromatic rings. The van der Waals surface area contributed by atoms with Gasteiger partial charge in [-0.25, -0.2) is 0 Å². The number of likely N-dealkylation sites (tertiary alicyclic amines) is 1. The predicted molar refractivity (Wildman–Crippen MR) is 61.4 cm³/mol. The van der Waals surface area contributed by atoms with Crippen molar-refractivity contribution in [2.24, 2.45) is 11.8 Å². The summed E-state index contributed by atoms with van der Waals surface area (Å²) < 4.78 is 0. The Morgan fingerprint density at radius 2 is 2.07 bits per heavy atom. The minimum absolute atomic E-state index is 0.000139. The highest BCUT2D eigenvalue weighted by Gasteiger charge is 2.35. The Morgan fingerprint density at radius 1 is 1.47 bits per heavy atom. The van der Waals surface area contributed by atoms with Gasteiger partial charge in [0.05, 0.1) is 11.8 Å². The van der Waals surface area contributed by atoms with Crippen LogP contribution in [0.5, 0.6) is 0 Å². The number of hydrogen-bond acceptors (Lipinski definition) is 3. The highest BCUT2D eigenvalue weighted by atomic mass is 32.2. The molecule has 1 N–H and O–H groups in total. The Kier molecular flexibility index (Phi) is 4.45. The summed E-state index contributed by atoms with van der Waals surface area (Å²) >= 11 is 1.58. The second-order valence-corrected chi connectivity index (χ2v) is 4.93. The van der Waals surface area contributed by atoms with Gasteiger partial charge in [0.15, 0.2) is 0 Å². The quantitative estimate of drug-likeness (QED) is 0.717. The van der Waals surface area contributed by atoms with Crippen LogP contribution in [-0.4, -0.2) is 41.9 Å². The van der Waals surface area contributed by atoms with Crippen LogP contribution < -0.4 is 5.32 Å². The van der Waals surface area contributed by atoms with Gasteiger partial charge in [0.2, 0.25) is 11.8 Å². The highest BCUT2D eigenvalue weighted by molar-refractivity contribution is 7.98. The fraction of sp³-hybridized carbons (Fsp3) is 0.800. The van der Waals surface area contributed by atoms with E-state index in [1.165, 1.54) is 0 Å². The smallest absolute Gasteiger partial charge is 0.227 e. The maximum atomic E-state index is 11.5. The van der Waals surface area contributed by atoms with Crippen molar-refractivity contribution in [1.82, 2.24) is 10.2 Å². The zero-order chi connectivity index (χ0) is 11.4. The van der Waals surface area contributed by atoms with Crippen LogP contribution in [0.2, 0.25) is 0 Å². The Hall–Kier alpha value is -0.710. The molecule has 1 aliphatic heterocycles.